The minimum absolute atomic E-state index is 0.126. The Morgan fingerprint density at radius 2 is 1.92 bits per heavy atom. The van der Waals surface area contributed by atoms with Gasteiger partial charge in [0.05, 0.1) is 6.04 Å². The van der Waals surface area contributed by atoms with Crippen molar-refractivity contribution in [3.05, 3.63) is 12.7 Å². The van der Waals surface area contributed by atoms with E-state index in [9.17, 15) is 9.59 Å². The summed E-state index contributed by atoms with van der Waals surface area (Å²) in [7, 11) is 0. The van der Waals surface area contributed by atoms with Gasteiger partial charge in [-0.15, -0.1) is 6.58 Å². The number of nitrogens with zero attached hydrogens (tertiary/aromatic N) is 1. The highest BCUT2D eigenvalue weighted by molar-refractivity contribution is 6.45. The first-order chi connectivity index (χ1) is 5.63. The van der Waals surface area contributed by atoms with Gasteiger partial charge in [-0.25, -0.2) is 4.99 Å². The molecule has 1 aliphatic rings. The normalized spacial score (nSPS) is 18.2. The zero-order valence-corrected chi connectivity index (χ0v) is 6.63. The number of guanidine groups is 1. The Hall–Kier alpha value is -1.65. The van der Waals surface area contributed by atoms with Gasteiger partial charge in [0, 0.05) is 0 Å². The van der Waals surface area contributed by atoms with Crippen molar-refractivity contribution < 1.29 is 9.59 Å². The molecule has 0 spiro atoms. The molecule has 0 aliphatic carbocycles. The standard InChI is InChI=1S/C7H9N3O2/c1-3-4(2)8-7-9-5(11)6(12)10-7/h3-4H,1H2,2H3,(H2,8,9,10,11,12). The first-order valence-corrected chi connectivity index (χ1v) is 3.46. The van der Waals surface area contributed by atoms with Crippen LogP contribution in [0.15, 0.2) is 17.6 Å². The van der Waals surface area contributed by atoms with Crippen molar-refractivity contribution in [1.82, 2.24) is 10.6 Å². The highest BCUT2D eigenvalue weighted by Crippen LogP contribution is 1.91. The summed E-state index contributed by atoms with van der Waals surface area (Å²) in [6.07, 6.45) is 1.60. The zero-order chi connectivity index (χ0) is 9.14. The Bertz CT molecular complexity index is 252. The lowest BCUT2D eigenvalue weighted by atomic mass is 10.4. The molecule has 1 fully saturated rings. The number of amides is 2. The molecule has 0 aromatic rings. The molecule has 0 bridgehead atoms. The predicted molar refractivity (Wildman–Crippen MR) is 43.4 cm³/mol. The predicted octanol–water partition coefficient (Wildman–Crippen LogP) is -0.837. The third kappa shape index (κ3) is 1.69. The molecule has 1 unspecified atom stereocenters. The highest BCUT2D eigenvalue weighted by atomic mass is 16.2. The average molecular weight is 167 g/mol. The summed E-state index contributed by atoms with van der Waals surface area (Å²) in [6, 6.07) is -0.126. The molecular weight excluding hydrogens is 158 g/mol. The van der Waals surface area contributed by atoms with Gasteiger partial charge < -0.3 is 0 Å². The second-order valence-corrected chi connectivity index (χ2v) is 2.36. The summed E-state index contributed by atoms with van der Waals surface area (Å²) < 4.78 is 0. The Labute approximate surface area is 69.6 Å². The number of rotatable bonds is 2. The molecule has 0 radical (unpaired) electrons. The summed E-state index contributed by atoms with van der Waals surface area (Å²) in [5.74, 6) is -1.16. The molecule has 0 saturated carbocycles. The lowest BCUT2D eigenvalue weighted by Crippen LogP contribution is -2.26. The average Bonchev–Trinajstić information content (AvgIpc) is 2.31. The smallest absolute Gasteiger partial charge is 0.288 e. The summed E-state index contributed by atoms with van der Waals surface area (Å²) in [5.41, 5.74) is 0. The van der Waals surface area contributed by atoms with Crippen LogP contribution in [0.3, 0.4) is 0 Å². The molecule has 1 atom stereocenters. The molecule has 0 aromatic heterocycles. The van der Waals surface area contributed by atoms with Crippen LogP contribution >= 0.6 is 0 Å². The van der Waals surface area contributed by atoms with Gasteiger partial charge in [-0.3, -0.25) is 20.2 Å². The van der Waals surface area contributed by atoms with Crippen molar-refractivity contribution in [2.75, 3.05) is 0 Å². The van der Waals surface area contributed by atoms with Crippen molar-refractivity contribution in [3.8, 4) is 0 Å². The van der Waals surface area contributed by atoms with Gasteiger partial charge in [0.15, 0.2) is 0 Å². The van der Waals surface area contributed by atoms with Crippen LogP contribution in [0, 0.1) is 0 Å². The van der Waals surface area contributed by atoms with Crippen molar-refractivity contribution in [2.24, 2.45) is 4.99 Å². The second-order valence-electron chi connectivity index (χ2n) is 2.36. The van der Waals surface area contributed by atoms with Gasteiger partial charge in [-0.05, 0) is 6.92 Å². The first kappa shape index (κ1) is 8.45. The fourth-order valence-electron chi connectivity index (χ4n) is 0.681. The molecule has 5 heteroatoms. The summed E-state index contributed by atoms with van der Waals surface area (Å²) >= 11 is 0. The van der Waals surface area contributed by atoms with Crippen LogP contribution in [-0.4, -0.2) is 23.8 Å². The van der Waals surface area contributed by atoms with Crippen molar-refractivity contribution >= 4 is 17.8 Å². The summed E-state index contributed by atoms with van der Waals surface area (Å²) in [5, 5.41) is 4.54. The van der Waals surface area contributed by atoms with E-state index < -0.39 is 11.8 Å². The molecule has 1 aliphatic heterocycles. The quantitative estimate of drug-likeness (QED) is 0.416. The van der Waals surface area contributed by atoms with E-state index in [0.717, 1.165) is 0 Å². The molecule has 12 heavy (non-hydrogen) atoms. The molecule has 1 rings (SSSR count). The molecule has 5 nitrogen and oxygen atoms in total. The number of carbonyl (C=O) groups excluding carboxylic acids is 2. The molecule has 0 aromatic carbocycles. The van der Waals surface area contributed by atoms with Gasteiger partial charge in [-0.1, -0.05) is 6.08 Å². The van der Waals surface area contributed by atoms with Gasteiger partial charge in [0.2, 0.25) is 5.96 Å². The Kier molecular flexibility index (Phi) is 2.23. The number of hydrogen-bond donors (Lipinski definition) is 2. The van der Waals surface area contributed by atoms with Crippen LogP contribution in [0.5, 0.6) is 0 Å². The largest absolute Gasteiger partial charge is 0.316 e. The van der Waals surface area contributed by atoms with E-state index in [-0.39, 0.29) is 12.0 Å². The minimum atomic E-state index is -0.676. The maximum atomic E-state index is 10.6. The monoisotopic (exact) mass is 167 g/mol. The Morgan fingerprint density at radius 3 is 2.33 bits per heavy atom. The first-order valence-electron chi connectivity index (χ1n) is 3.46. The maximum absolute atomic E-state index is 10.6. The van der Waals surface area contributed by atoms with Crippen molar-refractivity contribution in [3.63, 3.8) is 0 Å². The van der Waals surface area contributed by atoms with E-state index in [1.54, 1.807) is 13.0 Å². The Balaban J connectivity index is 2.68. The third-order valence-electron chi connectivity index (χ3n) is 1.34. The van der Waals surface area contributed by atoms with Crippen LogP contribution < -0.4 is 10.6 Å². The van der Waals surface area contributed by atoms with E-state index in [0.29, 0.717) is 0 Å². The molecule has 1 heterocycles. The van der Waals surface area contributed by atoms with Crippen LogP contribution in [0.4, 0.5) is 0 Å². The number of aliphatic imine (C=N–C) groups is 1. The maximum Gasteiger partial charge on any atom is 0.316 e. The topological polar surface area (TPSA) is 70.6 Å². The second kappa shape index (κ2) is 3.17. The van der Waals surface area contributed by atoms with E-state index in [2.05, 4.69) is 22.2 Å². The van der Waals surface area contributed by atoms with Crippen molar-refractivity contribution in [1.29, 1.82) is 0 Å². The fourth-order valence-corrected chi connectivity index (χ4v) is 0.681. The molecule has 1 saturated heterocycles. The van der Waals surface area contributed by atoms with Crippen molar-refractivity contribution in [2.45, 2.75) is 13.0 Å². The number of hydrogen-bond acceptors (Lipinski definition) is 3. The van der Waals surface area contributed by atoms with Crippen LogP contribution in [0.25, 0.3) is 0 Å². The van der Waals surface area contributed by atoms with Gasteiger partial charge in [-0.2, -0.15) is 0 Å². The number of carbonyl (C=O) groups is 2. The lowest BCUT2D eigenvalue weighted by molar-refractivity contribution is -0.135. The number of nitrogens with one attached hydrogen (secondary N) is 2. The summed E-state index contributed by atoms with van der Waals surface area (Å²) in [6.45, 7) is 5.30. The third-order valence-corrected chi connectivity index (χ3v) is 1.34. The van der Waals surface area contributed by atoms with E-state index in [1.165, 1.54) is 0 Å². The van der Waals surface area contributed by atoms with Crippen LogP contribution in [-0.2, 0) is 9.59 Å². The SMILES string of the molecule is C=CC(C)N=C1NC(=O)C(=O)N1. The molecule has 2 amide bonds. The van der Waals surface area contributed by atoms with Gasteiger partial charge in [0.25, 0.3) is 0 Å². The van der Waals surface area contributed by atoms with E-state index >= 15 is 0 Å². The summed E-state index contributed by atoms with van der Waals surface area (Å²) in [4.78, 5) is 25.2. The molecular formula is C7H9N3O2. The molecule has 64 valence electrons. The lowest BCUT2D eigenvalue weighted by Gasteiger charge is -1.99. The minimum Gasteiger partial charge on any atom is -0.288 e. The fraction of sp³-hybridized carbons (Fsp3) is 0.286. The zero-order valence-electron chi connectivity index (χ0n) is 6.63. The van der Waals surface area contributed by atoms with Crippen LogP contribution in [0.1, 0.15) is 6.92 Å². The Morgan fingerprint density at radius 1 is 1.42 bits per heavy atom. The highest BCUT2D eigenvalue weighted by Gasteiger charge is 2.25. The van der Waals surface area contributed by atoms with E-state index in [4.69, 9.17) is 0 Å². The molecule has 2 N–H and O–H groups in total. The van der Waals surface area contributed by atoms with Crippen LogP contribution in [0.2, 0.25) is 0 Å². The van der Waals surface area contributed by atoms with E-state index in [1.807, 2.05) is 0 Å². The van der Waals surface area contributed by atoms with Gasteiger partial charge >= 0.3 is 11.8 Å². The van der Waals surface area contributed by atoms with Gasteiger partial charge in [0.1, 0.15) is 0 Å².